The third-order valence-electron chi connectivity index (χ3n) is 3.68. The van der Waals surface area contributed by atoms with Gasteiger partial charge < -0.3 is 20.4 Å². The maximum Gasteiger partial charge on any atom is 0.239 e. The first-order valence-electron chi connectivity index (χ1n) is 8.85. The molecule has 24 heavy (non-hydrogen) atoms. The van der Waals surface area contributed by atoms with Crippen LogP contribution < -0.4 is 16.0 Å². The van der Waals surface area contributed by atoms with Crippen LogP contribution in [0.25, 0.3) is 0 Å². The molecule has 1 aromatic rings. The quantitative estimate of drug-likeness (QED) is 0.330. The van der Waals surface area contributed by atoms with Crippen molar-refractivity contribution in [1.29, 1.82) is 0 Å². The molecule has 0 saturated carbocycles. The molecule has 0 aliphatic heterocycles. The Hall–Kier alpha value is -1.98. The Balaban J connectivity index is 2.04. The molecule has 0 atom stereocenters. The Morgan fingerprint density at radius 3 is 2.62 bits per heavy atom. The third kappa shape index (κ3) is 9.92. The number of unbranched alkanes of at least 4 members (excludes halogenated alkanes) is 3. The van der Waals surface area contributed by atoms with Crippen LogP contribution in [0.5, 0.6) is 0 Å². The van der Waals surface area contributed by atoms with Crippen LogP contribution in [0.2, 0.25) is 0 Å². The van der Waals surface area contributed by atoms with Crippen LogP contribution in [0.3, 0.4) is 0 Å². The minimum Gasteiger partial charge on any atom is -0.467 e. The molecule has 0 unspecified atom stereocenters. The first-order chi connectivity index (χ1) is 11.6. The highest BCUT2D eigenvalue weighted by molar-refractivity contribution is 5.86. The van der Waals surface area contributed by atoms with Crippen LogP contribution in [0.4, 0.5) is 0 Å². The number of hydrogen-bond acceptors (Lipinski definition) is 3. The van der Waals surface area contributed by atoms with Crippen molar-refractivity contribution in [3.63, 3.8) is 0 Å². The second-order valence-corrected chi connectivity index (χ2v) is 6.31. The van der Waals surface area contributed by atoms with Crippen molar-refractivity contribution < 1.29 is 9.21 Å². The van der Waals surface area contributed by atoms with Crippen LogP contribution in [-0.4, -0.2) is 32.0 Å². The number of nitrogens with one attached hydrogen (secondary N) is 3. The Bertz CT molecular complexity index is 469. The van der Waals surface area contributed by atoms with Gasteiger partial charge >= 0.3 is 0 Å². The molecule has 1 heterocycles. The molecule has 3 N–H and O–H groups in total. The molecule has 0 radical (unpaired) electrons. The van der Waals surface area contributed by atoms with Gasteiger partial charge in [0.1, 0.15) is 5.76 Å². The lowest BCUT2D eigenvalue weighted by molar-refractivity contribution is -0.120. The molecule has 1 amide bonds. The van der Waals surface area contributed by atoms with E-state index in [4.69, 9.17) is 4.42 Å². The number of nitrogens with zero attached hydrogens (tertiary/aromatic N) is 1. The second kappa shape index (κ2) is 12.4. The molecule has 6 nitrogen and oxygen atoms in total. The summed E-state index contributed by atoms with van der Waals surface area (Å²) in [4.78, 5) is 15.9. The van der Waals surface area contributed by atoms with E-state index in [-0.39, 0.29) is 12.5 Å². The van der Waals surface area contributed by atoms with Gasteiger partial charge in [0.2, 0.25) is 5.91 Å². The zero-order valence-electron chi connectivity index (χ0n) is 15.2. The number of amides is 1. The fraction of sp³-hybridized carbons (Fsp3) is 0.667. The van der Waals surface area contributed by atoms with E-state index < -0.39 is 0 Å². The fourth-order valence-corrected chi connectivity index (χ4v) is 2.28. The summed E-state index contributed by atoms with van der Waals surface area (Å²) < 4.78 is 5.17. The molecule has 0 bridgehead atoms. The SMILES string of the molecule is CN=C(NCCCCCCC(C)C)NCC(=O)NCc1ccco1. The average Bonchev–Trinajstić information content (AvgIpc) is 3.08. The highest BCUT2D eigenvalue weighted by atomic mass is 16.3. The standard InChI is InChI=1S/C18H32N4O2/c1-15(2)9-6-4-5-7-11-20-18(19-3)22-14-17(23)21-13-16-10-8-12-24-16/h8,10,12,15H,4-7,9,11,13-14H2,1-3H3,(H,21,23)(H2,19,20,22). The minimum atomic E-state index is -0.0944. The fourth-order valence-electron chi connectivity index (χ4n) is 2.28. The van der Waals surface area contributed by atoms with Gasteiger partial charge in [-0.15, -0.1) is 0 Å². The van der Waals surface area contributed by atoms with Crippen molar-refractivity contribution in [2.45, 2.75) is 52.5 Å². The van der Waals surface area contributed by atoms with Gasteiger partial charge in [-0.05, 0) is 24.5 Å². The van der Waals surface area contributed by atoms with Gasteiger partial charge in [-0.1, -0.05) is 39.5 Å². The van der Waals surface area contributed by atoms with E-state index in [0.29, 0.717) is 12.5 Å². The van der Waals surface area contributed by atoms with Crippen molar-refractivity contribution in [3.05, 3.63) is 24.2 Å². The molecule has 1 rings (SSSR count). The van der Waals surface area contributed by atoms with Crippen molar-refractivity contribution in [1.82, 2.24) is 16.0 Å². The summed E-state index contributed by atoms with van der Waals surface area (Å²) in [5.74, 6) is 2.10. The maximum atomic E-state index is 11.8. The summed E-state index contributed by atoms with van der Waals surface area (Å²) in [5.41, 5.74) is 0. The van der Waals surface area contributed by atoms with Crippen LogP contribution in [0.15, 0.2) is 27.8 Å². The predicted octanol–water partition coefficient (Wildman–Crippen LogP) is 2.67. The van der Waals surface area contributed by atoms with Gasteiger partial charge in [-0.3, -0.25) is 9.79 Å². The highest BCUT2D eigenvalue weighted by Gasteiger charge is 2.04. The van der Waals surface area contributed by atoms with E-state index in [1.54, 1.807) is 19.4 Å². The summed E-state index contributed by atoms with van der Waals surface area (Å²) in [6, 6.07) is 3.63. The first-order valence-corrected chi connectivity index (χ1v) is 8.85. The molecule has 0 saturated heterocycles. The number of rotatable bonds is 11. The Labute approximate surface area is 145 Å². The molecule has 6 heteroatoms. The van der Waals surface area contributed by atoms with E-state index in [2.05, 4.69) is 34.8 Å². The van der Waals surface area contributed by atoms with Crippen molar-refractivity contribution >= 4 is 11.9 Å². The van der Waals surface area contributed by atoms with E-state index in [0.717, 1.165) is 24.6 Å². The predicted molar refractivity (Wildman–Crippen MR) is 97.8 cm³/mol. The summed E-state index contributed by atoms with van der Waals surface area (Å²) in [6.45, 7) is 5.99. The first kappa shape index (κ1) is 20.1. The monoisotopic (exact) mass is 336 g/mol. The lowest BCUT2D eigenvalue weighted by Gasteiger charge is -2.12. The molecule has 0 fully saturated rings. The Kier molecular flexibility index (Phi) is 10.4. The summed E-state index contributed by atoms with van der Waals surface area (Å²) >= 11 is 0. The third-order valence-corrected chi connectivity index (χ3v) is 3.68. The second-order valence-electron chi connectivity index (χ2n) is 6.31. The van der Waals surface area contributed by atoms with Gasteiger partial charge in [0.25, 0.3) is 0 Å². The van der Waals surface area contributed by atoms with Crippen LogP contribution in [0.1, 0.15) is 51.7 Å². The van der Waals surface area contributed by atoms with Gasteiger partial charge in [-0.2, -0.15) is 0 Å². The van der Waals surface area contributed by atoms with E-state index in [9.17, 15) is 4.79 Å². The van der Waals surface area contributed by atoms with Crippen molar-refractivity contribution in [2.24, 2.45) is 10.9 Å². The molecular formula is C18H32N4O2. The number of hydrogen-bond donors (Lipinski definition) is 3. The summed E-state index contributed by atoms with van der Waals surface area (Å²) in [6.07, 6.45) is 7.82. The van der Waals surface area contributed by atoms with Crippen LogP contribution >= 0.6 is 0 Å². The molecule has 0 spiro atoms. The van der Waals surface area contributed by atoms with Crippen LogP contribution in [0, 0.1) is 5.92 Å². The van der Waals surface area contributed by atoms with E-state index >= 15 is 0 Å². The molecule has 0 aliphatic carbocycles. The molecule has 0 aromatic carbocycles. The zero-order valence-corrected chi connectivity index (χ0v) is 15.2. The van der Waals surface area contributed by atoms with Crippen molar-refractivity contribution in [3.8, 4) is 0 Å². The lowest BCUT2D eigenvalue weighted by atomic mass is 10.0. The van der Waals surface area contributed by atoms with E-state index in [1.165, 1.54) is 25.7 Å². The number of furan rings is 1. The number of carbonyl (C=O) groups excluding carboxylic acids is 1. The molecule has 136 valence electrons. The number of aliphatic imine (C=N–C) groups is 1. The summed E-state index contributed by atoms with van der Waals surface area (Å²) in [7, 11) is 1.71. The Morgan fingerprint density at radius 1 is 1.17 bits per heavy atom. The topological polar surface area (TPSA) is 78.7 Å². The molecular weight excluding hydrogens is 304 g/mol. The molecule has 1 aromatic heterocycles. The molecule has 0 aliphatic rings. The largest absolute Gasteiger partial charge is 0.467 e. The average molecular weight is 336 g/mol. The number of guanidine groups is 1. The zero-order chi connectivity index (χ0) is 17.6. The minimum absolute atomic E-state index is 0.0944. The van der Waals surface area contributed by atoms with Gasteiger partial charge in [-0.25, -0.2) is 0 Å². The van der Waals surface area contributed by atoms with Crippen LogP contribution in [-0.2, 0) is 11.3 Å². The number of carbonyl (C=O) groups is 1. The van der Waals surface area contributed by atoms with Crippen molar-refractivity contribution in [2.75, 3.05) is 20.1 Å². The van der Waals surface area contributed by atoms with Gasteiger partial charge in [0.15, 0.2) is 5.96 Å². The van der Waals surface area contributed by atoms with E-state index in [1.807, 2.05) is 6.07 Å². The summed E-state index contributed by atoms with van der Waals surface area (Å²) in [5, 5.41) is 9.03. The van der Waals surface area contributed by atoms with Gasteiger partial charge in [0.05, 0.1) is 19.4 Å². The highest BCUT2D eigenvalue weighted by Crippen LogP contribution is 2.08. The smallest absolute Gasteiger partial charge is 0.239 e. The Morgan fingerprint density at radius 2 is 1.96 bits per heavy atom. The lowest BCUT2D eigenvalue weighted by Crippen LogP contribution is -2.43. The van der Waals surface area contributed by atoms with Gasteiger partial charge in [0, 0.05) is 13.6 Å². The normalized spacial score (nSPS) is 11.6. The maximum absolute atomic E-state index is 11.8.